The molecule has 0 unspecified atom stereocenters. The van der Waals surface area contributed by atoms with Crippen LogP contribution >= 0.6 is 11.3 Å². The van der Waals surface area contributed by atoms with E-state index in [1.807, 2.05) is 4.90 Å². The summed E-state index contributed by atoms with van der Waals surface area (Å²) in [5.41, 5.74) is 0.385. The third-order valence-electron chi connectivity index (χ3n) is 5.33. The molecular formula is C21H25FN4O4S. The zero-order chi connectivity index (χ0) is 21.6. The quantitative estimate of drug-likeness (QED) is 0.667. The average Bonchev–Trinajstić information content (AvgIpc) is 3.28. The monoisotopic (exact) mass is 448 g/mol. The Kier molecular flexibility index (Phi) is 7.10. The van der Waals surface area contributed by atoms with Gasteiger partial charge in [0.1, 0.15) is 28.9 Å². The van der Waals surface area contributed by atoms with Gasteiger partial charge in [-0.3, -0.25) is 14.5 Å². The molecule has 0 bridgehead atoms. The number of aromatic nitrogens is 1. The first kappa shape index (κ1) is 21.7. The number of benzene rings is 1. The van der Waals surface area contributed by atoms with Gasteiger partial charge in [0.2, 0.25) is 5.91 Å². The number of morpholine rings is 1. The van der Waals surface area contributed by atoms with Crippen LogP contribution in [-0.4, -0.2) is 90.5 Å². The van der Waals surface area contributed by atoms with Gasteiger partial charge >= 0.3 is 0 Å². The van der Waals surface area contributed by atoms with E-state index in [-0.39, 0.29) is 24.2 Å². The summed E-state index contributed by atoms with van der Waals surface area (Å²) < 4.78 is 23.9. The lowest BCUT2D eigenvalue weighted by atomic mass is 10.2. The molecule has 1 aromatic heterocycles. The molecule has 2 aliphatic rings. The summed E-state index contributed by atoms with van der Waals surface area (Å²) >= 11 is 1.35. The van der Waals surface area contributed by atoms with Crippen LogP contribution in [0.1, 0.15) is 15.5 Å². The van der Waals surface area contributed by atoms with Crippen molar-refractivity contribution in [1.29, 1.82) is 0 Å². The fourth-order valence-electron chi connectivity index (χ4n) is 3.52. The number of hydrogen-bond donors (Lipinski definition) is 0. The molecule has 0 spiro atoms. The lowest BCUT2D eigenvalue weighted by Crippen LogP contribution is -2.53. The van der Waals surface area contributed by atoms with Crippen LogP contribution in [0.25, 0.3) is 0 Å². The van der Waals surface area contributed by atoms with Crippen LogP contribution in [-0.2, 0) is 16.1 Å². The number of piperazine rings is 1. The van der Waals surface area contributed by atoms with Gasteiger partial charge in [0.25, 0.3) is 5.91 Å². The molecule has 2 aliphatic heterocycles. The third kappa shape index (κ3) is 5.78. The van der Waals surface area contributed by atoms with Gasteiger partial charge in [-0.05, 0) is 24.3 Å². The fourth-order valence-corrected chi connectivity index (χ4v) is 4.20. The second-order valence-corrected chi connectivity index (χ2v) is 8.37. The molecule has 31 heavy (non-hydrogen) atoms. The summed E-state index contributed by atoms with van der Waals surface area (Å²) in [6.07, 6.45) is 0. The van der Waals surface area contributed by atoms with Gasteiger partial charge in [0.05, 0.1) is 19.8 Å². The van der Waals surface area contributed by atoms with E-state index < -0.39 is 0 Å². The number of halogens is 1. The van der Waals surface area contributed by atoms with Crippen molar-refractivity contribution in [1.82, 2.24) is 19.7 Å². The molecule has 0 radical (unpaired) electrons. The van der Waals surface area contributed by atoms with E-state index in [2.05, 4.69) is 9.88 Å². The van der Waals surface area contributed by atoms with Crippen LogP contribution in [0.2, 0.25) is 0 Å². The molecule has 0 saturated carbocycles. The van der Waals surface area contributed by atoms with Crippen molar-refractivity contribution >= 4 is 23.2 Å². The highest BCUT2D eigenvalue weighted by Gasteiger charge is 2.27. The normalized spacial score (nSPS) is 17.6. The second kappa shape index (κ2) is 10.2. The number of thiazole rings is 1. The molecule has 8 nitrogen and oxygen atoms in total. The second-order valence-electron chi connectivity index (χ2n) is 7.43. The van der Waals surface area contributed by atoms with E-state index in [1.54, 1.807) is 22.4 Å². The molecule has 10 heteroatoms. The highest BCUT2D eigenvalue weighted by atomic mass is 32.1. The molecule has 2 saturated heterocycles. The Morgan fingerprint density at radius 1 is 1.03 bits per heavy atom. The van der Waals surface area contributed by atoms with Crippen molar-refractivity contribution in [2.45, 2.75) is 6.61 Å². The summed E-state index contributed by atoms with van der Waals surface area (Å²) in [5.74, 6) is 0.187. The highest BCUT2D eigenvalue weighted by molar-refractivity contribution is 7.09. The standard InChI is InChI=1S/C21H25FN4O4S/c22-16-1-3-17(4-2-16)30-14-19-23-18(15-31-19)21(28)26-7-5-25(6-8-26)20(27)13-24-9-11-29-12-10-24/h1-4,15H,5-14H2. The Balaban J connectivity index is 1.24. The van der Waals surface area contributed by atoms with Gasteiger partial charge in [0, 0.05) is 44.6 Å². The van der Waals surface area contributed by atoms with Crippen LogP contribution in [0.3, 0.4) is 0 Å². The average molecular weight is 449 g/mol. The topological polar surface area (TPSA) is 75.2 Å². The fraction of sp³-hybridized carbons (Fsp3) is 0.476. The lowest BCUT2D eigenvalue weighted by molar-refractivity contribution is -0.134. The van der Waals surface area contributed by atoms with Crippen molar-refractivity contribution in [3.8, 4) is 5.75 Å². The van der Waals surface area contributed by atoms with Crippen LogP contribution in [0, 0.1) is 5.82 Å². The van der Waals surface area contributed by atoms with Crippen molar-refractivity contribution in [2.75, 3.05) is 59.0 Å². The molecule has 2 amide bonds. The molecule has 2 aromatic rings. The van der Waals surface area contributed by atoms with E-state index in [9.17, 15) is 14.0 Å². The van der Waals surface area contributed by atoms with Gasteiger partial charge < -0.3 is 19.3 Å². The summed E-state index contributed by atoms with van der Waals surface area (Å²) in [7, 11) is 0. The summed E-state index contributed by atoms with van der Waals surface area (Å²) in [6.45, 7) is 5.55. The van der Waals surface area contributed by atoms with E-state index in [4.69, 9.17) is 9.47 Å². The third-order valence-corrected chi connectivity index (χ3v) is 6.15. The summed E-state index contributed by atoms with van der Waals surface area (Å²) in [4.78, 5) is 35.3. The zero-order valence-electron chi connectivity index (χ0n) is 17.2. The largest absolute Gasteiger partial charge is 0.486 e. The van der Waals surface area contributed by atoms with Crippen molar-refractivity contribution in [3.05, 3.63) is 46.2 Å². The Bertz CT molecular complexity index is 893. The predicted octanol–water partition coefficient (Wildman–Crippen LogP) is 1.48. The predicted molar refractivity (Wildman–Crippen MR) is 113 cm³/mol. The van der Waals surface area contributed by atoms with E-state index in [0.29, 0.717) is 62.4 Å². The van der Waals surface area contributed by atoms with Crippen LogP contribution < -0.4 is 4.74 Å². The molecule has 0 atom stereocenters. The molecule has 0 N–H and O–H groups in total. The van der Waals surface area contributed by atoms with Gasteiger partial charge in [-0.1, -0.05) is 0 Å². The van der Waals surface area contributed by atoms with Crippen molar-refractivity contribution < 1.29 is 23.5 Å². The van der Waals surface area contributed by atoms with Crippen LogP contribution in [0.15, 0.2) is 29.6 Å². The molecule has 4 rings (SSSR count). The molecule has 0 aliphatic carbocycles. The Hall–Kier alpha value is -2.56. The minimum atomic E-state index is -0.322. The van der Waals surface area contributed by atoms with Gasteiger partial charge in [0.15, 0.2) is 0 Å². The Labute approximate surface area is 184 Å². The molecule has 2 fully saturated rings. The van der Waals surface area contributed by atoms with Gasteiger partial charge in [-0.2, -0.15) is 0 Å². The smallest absolute Gasteiger partial charge is 0.273 e. The van der Waals surface area contributed by atoms with Crippen molar-refractivity contribution in [2.24, 2.45) is 0 Å². The SMILES string of the molecule is O=C(CN1CCOCC1)N1CCN(C(=O)c2csc(COc3ccc(F)cc3)n2)CC1. The highest BCUT2D eigenvalue weighted by Crippen LogP contribution is 2.17. The van der Waals surface area contributed by atoms with Crippen LogP contribution in [0.4, 0.5) is 4.39 Å². The van der Waals surface area contributed by atoms with Gasteiger partial charge in [-0.15, -0.1) is 11.3 Å². The summed E-state index contributed by atoms with van der Waals surface area (Å²) in [5, 5.41) is 2.40. The number of nitrogens with zero attached hydrogens (tertiary/aromatic N) is 4. The molecular weight excluding hydrogens is 423 g/mol. The first-order chi connectivity index (χ1) is 15.1. The maximum atomic E-state index is 13.0. The number of ether oxygens (including phenoxy) is 2. The van der Waals surface area contributed by atoms with Gasteiger partial charge in [-0.25, -0.2) is 9.37 Å². The van der Waals surface area contributed by atoms with E-state index >= 15 is 0 Å². The molecule has 3 heterocycles. The van der Waals surface area contributed by atoms with Crippen LogP contribution in [0.5, 0.6) is 5.75 Å². The van der Waals surface area contributed by atoms with E-state index in [0.717, 1.165) is 13.1 Å². The number of amides is 2. The number of hydrogen-bond acceptors (Lipinski definition) is 7. The number of carbonyl (C=O) groups is 2. The molecule has 1 aromatic carbocycles. The maximum absolute atomic E-state index is 13.0. The maximum Gasteiger partial charge on any atom is 0.273 e. The Morgan fingerprint density at radius 3 is 2.42 bits per heavy atom. The number of carbonyl (C=O) groups excluding carboxylic acids is 2. The minimum absolute atomic E-state index is 0.0999. The summed E-state index contributed by atoms with van der Waals surface area (Å²) in [6, 6.07) is 5.76. The minimum Gasteiger partial charge on any atom is -0.486 e. The molecule has 166 valence electrons. The first-order valence-corrected chi connectivity index (χ1v) is 11.2. The van der Waals surface area contributed by atoms with Crippen molar-refractivity contribution in [3.63, 3.8) is 0 Å². The van der Waals surface area contributed by atoms with E-state index in [1.165, 1.54) is 23.5 Å². The zero-order valence-corrected chi connectivity index (χ0v) is 18.0. The lowest BCUT2D eigenvalue weighted by Gasteiger charge is -2.36. The Morgan fingerprint density at radius 2 is 1.71 bits per heavy atom. The first-order valence-electron chi connectivity index (χ1n) is 10.3. The number of rotatable bonds is 6.